The minimum Gasteiger partial charge on any atom is -0.364 e. The van der Waals surface area contributed by atoms with Crippen molar-refractivity contribution in [1.82, 2.24) is 15.0 Å². The number of nitrogens with two attached hydrogens (primary N) is 1. The summed E-state index contributed by atoms with van der Waals surface area (Å²) in [5, 5.41) is 10.5. The van der Waals surface area contributed by atoms with E-state index in [9.17, 15) is 4.79 Å². The van der Waals surface area contributed by atoms with Crippen molar-refractivity contribution in [3.05, 3.63) is 36.7 Å². The van der Waals surface area contributed by atoms with Crippen LogP contribution in [0.15, 0.2) is 36.7 Å². The summed E-state index contributed by atoms with van der Waals surface area (Å²) in [5.41, 5.74) is 7.15. The maximum absolute atomic E-state index is 12.1. The molecule has 22 heavy (non-hydrogen) atoms. The van der Waals surface area contributed by atoms with E-state index in [1.807, 2.05) is 24.3 Å². The first-order chi connectivity index (χ1) is 10.3. The van der Waals surface area contributed by atoms with Gasteiger partial charge in [-0.1, -0.05) is 5.21 Å². The molecule has 8 heteroatoms. The van der Waals surface area contributed by atoms with E-state index >= 15 is 0 Å². The van der Waals surface area contributed by atoms with Crippen LogP contribution in [-0.4, -0.2) is 39.7 Å². The SMILES string of the molecule is Cl.NC[C@H]1CC[C@@H](C(=O)Nc2ccc(-n3ccnn3)cc2)O1. The zero-order chi connectivity index (χ0) is 14.7. The summed E-state index contributed by atoms with van der Waals surface area (Å²) in [5.74, 6) is -0.126. The number of carbonyl (C=O) groups is 1. The number of nitrogens with one attached hydrogen (secondary N) is 1. The summed E-state index contributed by atoms with van der Waals surface area (Å²) in [6, 6.07) is 7.37. The van der Waals surface area contributed by atoms with Crippen molar-refractivity contribution in [3.63, 3.8) is 0 Å². The van der Waals surface area contributed by atoms with Crippen LogP contribution in [0.25, 0.3) is 5.69 Å². The number of hydrogen-bond acceptors (Lipinski definition) is 5. The third-order valence-electron chi connectivity index (χ3n) is 3.48. The fraction of sp³-hybridized carbons (Fsp3) is 0.357. The molecule has 0 aliphatic carbocycles. The van der Waals surface area contributed by atoms with E-state index in [0.29, 0.717) is 13.0 Å². The molecule has 7 nitrogen and oxygen atoms in total. The highest BCUT2D eigenvalue weighted by Crippen LogP contribution is 2.21. The lowest BCUT2D eigenvalue weighted by molar-refractivity contribution is -0.126. The van der Waals surface area contributed by atoms with Gasteiger partial charge in [0.05, 0.1) is 24.2 Å². The number of amides is 1. The molecule has 0 bridgehead atoms. The third-order valence-corrected chi connectivity index (χ3v) is 3.48. The summed E-state index contributed by atoms with van der Waals surface area (Å²) in [4.78, 5) is 12.1. The van der Waals surface area contributed by atoms with Crippen LogP contribution in [-0.2, 0) is 9.53 Å². The smallest absolute Gasteiger partial charge is 0.253 e. The highest BCUT2D eigenvalue weighted by Gasteiger charge is 2.29. The molecule has 0 radical (unpaired) electrons. The minimum atomic E-state index is -0.409. The average Bonchev–Trinajstić information content (AvgIpc) is 3.19. The van der Waals surface area contributed by atoms with Gasteiger partial charge in [0.25, 0.3) is 5.91 Å². The van der Waals surface area contributed by atoms with Crippen molar-refractivity contribution < 1.29 is 9.53 Å². The van der Waals surface area contributed by atoms with Gasteiger partial charge < -0.3 is 15.8 Å². The molecule has 1 fully saturated rings. The first kappa shape index (κ1) is 16.4. The molecular weight excluding hydrogens is 306 g/mol. The molecule has 0 spiro atoms. The number of carbonyl (C=O) groups excluding carboxylic acids is 1. The van der Waals surface area contributed by atoms with Crippen LogP contribution in [0.1, 0.15) is 12.8 Å². The predicted molar refractivity (Wildman–Crippen MR) is 84.2 cm³/mol. The van der Waals surface area contributed by atoms with Crippen LogP contribution in [0.4, 0.5) is 5.69 Å². The van der Waals surface area contributed by atoms with Crippen molar-refractivity contribution in [3.8, 4) is 5.69 Å². The summed E-state index contributed by atoms with van der Waals surface area (Å²) < 4.78 is 7.22. The normalized spacial score (nSPS) is 20.4. The number of aromatic nitrogens is 3. The number of rotatable bonds is 4. The van der Waals surface area contributed by atoms with Crippen LogP contribution in [0.5, 0.6) is 0 Å². The molecule has 3 N–H and O–H groups in total. The standard InChI is InChI=1S/C14H17N5O2.ClH/c15-9-12-5-6-13(21-12)14(20)17-10-1-3-11(4-2-10)19-8-7-16-18-19;/h1-4,7-8,12-13H,5-6,9,15H2,(H,17,20);1H/t12-,13+;/m1./s1. The van der Waals surface area contributed by atoms with Crippen LogP contribution in [0.2, 0.25) is 0 Å². The number of hydrogen-bond donors (Lipinski definition) is 2. The number of anilines is 1. The fourth-order valence-electron chi connectivity index (χ4n) is 2.34. The summed E-state index contributed by atoms with van der Waals surface area (Å²) in [7, 11) is 0. The Labute approximate surface area is 134 Å². The van der Waals surface area contributed by atoms with Crippen molar-refractivity contribution in [2.24, 2.45) is 5.73 Å². The summed E-state index contributed by atoms with van der Waals surface area (Å²) in [6.45, 7) is 0.455. The van der Waals surface area contributed by atoms with Crippen LogP contribution < -0.4 is 11.1 Å². The first-order valence-corrected chi connectivity index (χ1v) is 6.89. The molecule has 1 aliphatic heterocycles. The summed E-state index contributed by atoms with van der Waals surface area (Å²) >= 11 is 0. The molecular formula is C14H18ClN5O2. The molecule has 2 aromatic rings. The van der Waals surface area contributed by atoms with E-state index in [2.05, 4.69) is 15.6 Å². The Hall–Kier alpha value is -1.96. The van der Waals surface area contributed by atoms with Gasteiger partial charge in [0.15, 0.2) is 0 Å². The Bertz CT molecular complexity index is 602. The lowest BCUT2D eigenvalue weighted by Gasteiger charge is -2.13. The Morgan fingerprint density at radius 1 is 1.36 bits per heavy atom. The fourth-order valence-corrected chi connectivity index (χ4v) is 2.34. The van der Waals surface area contributed by atoms with E-state index in [1.54, 1.807) is 17.1 Å². The molecule has 2 atom stereocenters. The zero-order valence-electron chi connectivity index (χ0n) is 11.9. The quantitative estimate of drug-likeness (QED) is 0.879. The molecule has 1 aromatic heterocycles. The number of nitrogens with zero attached hydrogens (tertiary/aromatic N) is 3. The molecule has 3 rings (SSSR count). The minimum absolute atomic E-state index is 0. The second-order valence-corrected chi connectivity index (χ2v) is 4.94. The van der Waals surface area contributed by atoms with Crippen molar-refractivity contribution in [1.29, 1.82) is 0 Å². The lowest BCUT2D eigenvalue weighted by atomic mass is 10.2. The molecule has 1 aromatic carbocycles. The Morgan fingerprint density at radius 2 is 2.14 bits per heavy atom. The first-order valence-electron chi connectivity index (χ1n) is 6.89. The second kappa shape index (κ2) is 7.35. The molecule has 2 heterocycles. The Balaban J connectivity index is 0.00000176. The van der Waals surface area contributed by atoms with Gasteiger partial charge in [-0.15, -0.1) is 17.5 Å². The second-order valence-electron chi connectivity index (χ2n) is 4.94. The Morgan fingerprint density at radius 3 is 2.73 bits per heavy atom. The molecule has 1 aliphatic rings. The maximum Gasteiger partial charge on any atom is 0.253 e. The largest absolute Gasteiger partial charge is 0.364 e. The van der Waals surface area contributed by atoms with Crippen molar-refractivity contribution >= 4 is 24.0 Å². The van der Waals surface area contributed by atoms with Crippen molar-refractivity contribution in [2.75, 3.05) is 11.9 Å². The monoisotopic (exact) mass is 323 g/mol. The van der Waals surface area contributed by atoms with Gasteiger partial charge in [0, 0.05) is 12.2 Å². The van der Waals surface area contributed by atoms with Gasteiger partial charge in [-0.2, -0.15) is 0 Å². The van der Waals surface area contributed by atoms with E-state index in [1.165, 1.54) is 0 Å². The van der Waals surface area contributed by atoms with Crippen LogP contribution >= 0.6 is 12.4 Å². The average molecular weight is 324 g/mol. The van der Waals surface area contributed by atoms with Gasteiger partial charge in [-0.3, -0.25) is 4.79 Å². The third kappa shape index (κ3) is 3.62. The van der Waals surface area contributed by atoms with Gasteiger partial charge >= 0.3 is 0 Å². The number of ether oxygens (including phenoxy) is 1. The topological polar surface area (TPSA) is 95.1 Å². The van der Waals surface area contributed by atoms with E-state index in [-0.39, 0.29) is 24.4 Å². The van der Waals surface area contributed by atoms with Gasteiger partial charge in [0.2, 0.25) is 0 Å². The highest BCUT2D eigenvalue weighted by molar-refractivity contribution is 5.94. The Kier molecular flexibility index (Phi) is 5.48. The van der Waals surface area contributed by atoms with E-state index in [0.717, 1.165) is 17.8 Å². The predicted octanol–water partition coefficient (Wildman–Crippen LogP) is 1.13. The molecule has 0 unspecified atom stereocenters. The van der Waals surface area contributed by atoms with Crippen LogP contribution in [0, 0.1) is 0 Å². The lowest BCUT2D eigenvalue weighted by Crippen LogP contribution is -2.29. The highest BCUT2D eigenvalue weighted by atomic mass is 35.5. The van der Waals surface area contributed by atoms with Crippen LogP contribution in [0.3, 0.4) is 0 Å². The van der Waals surface area contributed by atoms with Gasteiger partial charge in [-0.05, 0) is 37.1 Å². The molecule has 118 valence electrons. The number of benzene rings is 1. The molecule has 0 saturated carbocycles. The van der Waals surface area contributed by atoms with E-state index < -0.39 is 6.10 Å². The van der Waals surface area contributed by atoms with E-state index in [4.69, 9.17) is 10.5 Å². The van der Waals surface area contributed by atoms with Gasteiger partial charge in [-0.25, -0.2) is 4.68 Å². The zero-order valence-corrected chi connectivity index (χ0v) is 12.7. The number of halogens is 1. The molecule has 1 saturated heterocycles. The maximum atomic E-state index is 12.1. The van der Waals surface area contributed by atoms with Crippen molar-refractivity contribution in [2.45, 2.75) is 25.0 Å². The summed E-state index contributed by atoms with van der Waals surface area (Å²) in [6.07, 6.45) is 4.50. The van der Waals surface area contributed by atoms with Gasteiger partial charge in [0.1, 0.15) is 6.10 Å². The molecule has 1 amide bonds.